The number of hydrogen-bond acceptors (Lipinski definition) is 3. The van der Waals surface area contributed by atoms with Gasteiger partial charge in [-0.3, -0.25) is 9.59 Å². The molecule has 0 bridgehead atoms. The third-order valence-electron chi connectivity index (χ3n) is 4.41. The molecule has 3 aliphatic rings. The first-order chi connectivity index (χ1) is 8.54. The minimum atomic E-state index is -0.555. The number of piperazine rings is 1. The van der Waals surface area contributed by atoms with Crippen molar-refractivity contribution in [3.05, 3.63) is 0 Å². The Balaban J connectivity index is 1.70. The highest BCUT2D eigenvalue weighted by Crippen LogP contribution is 2.47. The molecule has 6 heteroatoms. The van der Waals surface area contributed by atoms with E-state index in [1.807, 2.05) is 9.80 Å². The average Bonchev–Trinajstić information content (AvgIpc) is 3.09. The summed E-state index contributed by atoms with van der Waals surface area (Å²) in [5.74, 6) is 0.302. The lowest BCUT2D eigenvalue weighted by Gasteiger charge is -2.39. The number of amides is 2. The molecule has 0 aromatic heterocycles. The second kappa shape index (κ2) is 3.91. The Hall–Kier alpha value is -1.17. The molecule has 3 rings (SSSR count). The predicted octanol–water partition coefficient (Wildman–Crippen LogP) is -0.114. The number of thiocarbonyl (C=S) groups is 1. The summed E-state index contributed by atoms with van der Waals surface area (Å²) >= 11 is 5.02. The zero-order chi connectivity index (χ0) is 12.9. The lowest BCUT2D eigenvalue weighted by molar-refractivity contribution is -0.141. The molecule has 3 fully saturated rings. The van der Waals surface area contributed by atoms with Crippen molar-refractivity contribution in [3.8, 4) is 0 Å². The van der Waals surface area contributed by atoms with Gasteiger partial charge in [0.25, 0.3) is 0 Å². The maximum absolute atomic E-state index is 12.4. The molecule has 1 saturated carbocycles. The van der Waals surface area contributed by atoms with Crippen LogP contribution in [0.3, 0.4) is 0 Å². The first-order valence-corrected chi connectivity index (χ1v) is 6.84. The van der Waals surface area contributed by atoms with E-state index in [1.165, 1.54) is 0 Å². The van der Waals surface area contributed by atoms with E-state index in [4.69, 9.17) is 18.0 Å². The zero-order valence-electron chi connectivity index (χ0n) is 10.2. The van der Waals surface area contributed by atoms with Crippen molar-refractivity contribution in [3.63, 3.8) is 0 Å². The fourth-order valence-electron chi connectivity index (χ4n) is 3.04. The lowest BCUT2D eigenvalue weighted by Crippen LogP contribution is -2.55. The molecule has 2 N–H and O–H groups in total. The van der Waals surface area contributed by atoms with Crippen LogP contribution in [-0.2, 0) is 9.59 Å². The summed E-state index contributed by atoms with van der Waals surface area (Å²) < 4.78 is 0. The lowest BCUT2D eigenvalue weighted by atomic mass is 10.0. The van der Waals surface area contributed by atoms with Gasteiger partial charge in [0, 0.05) is 32.1 Å². The first kappa shape index (κ1) is 11.9. The standard InChI is InChI=1S/C12H17N3O2S/c13-10(18)12(3-4-12)11(17)14-5-6-15-8(7-14)1-2-9(15)16/h8H,1-7H2,(H2,13,18). The fourth-order valence-corrected chi connectivity index (χ4v) is 3.33. The van der Waals surface area contributed by atoms with Gasteiger partial charge in [0.05, 0.1) is 10.4 Å². The van der Waals surface area contributed by atoms with Crippen molar-refractivity contribution >= 4 is 29.0 Å². The summed E-state index contributed by atoms with van der Waals surface area (Å²) in [5.41, 5.74) is 5.13. The van der Waals surface area contributed by atoms with Crippen molar-refractivity contribution in [2.45, 2.75) is 31.7 Å². The van der Waals surface area contributed by atoms with E-state index in [0.717, 1.165) is 19.3 Å². The van der Waals surface area contributed by atoms with Crippen LogP contribution < -0.4 is 5.73 Å². The maximum atomic E-state index is 12.4. The van der Waals surface area contributed by atoms with Gasteiger partial charge in [-0.1, -0.05) is 12.2 Å². The topological polar surface area (TPSA) is 66.6 Å². The van der Waals surface area contributed by atoms with Crippen LogP contribution in [0.2, 0.25) is 0 Å². The Labute approximate surface area is 111 Å². The van der Waals surface area contributed by atoms with Crippen LogP contribution in [0.4, 0.5) is 0 Å². The molecule has 5 nitrogen and oxygen atoms in total. The molecule has 2 aliphatic heterocycles. The second-order valence-electron chi connectivity index (χ2n) is 5.48. The summed E-state index contributed by atoms with van der Waals surface area (Å²) in [6.07, 6.45) is 3.05. The van der Waals surface area contributed by atoms with Gasteiger partial charge in [0.1, 0.15) is 0 Å². The Kier molecular flexibility index (Phi) is 2.59. The third kappa shape index (κ3) is 1.62. The van der Waals surface area contributed by atoms with E-state index < -0.39 is 5.41 Å². The third-order valence-corrected chi connectivity index (χ3v) is 4.80. The van der Waals surface area contributed by atoms with E-state index >= 15 is 0 Å². The highest BCUT2D eigenvalue weighted by atomic mass is 32.1. The normalized spacial score (nSPS) is 29.1. The summed E-state index contributed by atoms with van der Waals surface area (Å²) in [5, 5.41) is 0. The molecule has 2 saturated heterocycles. The van der Waals surface area contributed by atoms with Gasteiger partial charge in [-0.25, -0.2) is 0 Å². The highest BCUT2D eigenvalue weighted by molar-refractivity contribution is 7.80. The summed E-state index contributed by atoms with van der Waals surface area (Å²) in [6.45, 7) is 1.92. The molecule has 0 aromatic rings. The van der Waals surface area contributed by atoms with Crippen molar-refractivity contribution in [1.29, 1.82) is 0 Å². The predicted molar refractivity (Wildman–Crippen MR) is 69.8 cm³/mol. The van der Waals surface area contributed by atoms with Crippen LogP contribution in [0.1, 0.15) is 25.7 Å². The van der Waals surface area contributed by atoms with Crippen LogP contribution in [0.5, 0.6) is 0 Å². The first-order valence-electron chi connectivity index (χ1n) is 6.43. The van der Waals surface area contributed by atoms with Crippen molar-refractivity contribution < 1.29 is 9.59 Å². The van der Waals surface area contributed by atoms with Gasteiger partial charge >= 0.3 is 0 Å². The Morgan fingerprint density at radius 3 is 2.72 bits per heavy atom. The fraction of sp³-hybridized carbons (Fsp3) is 0.750. The molecule has 0 aromatic carbocycles. The smallest absolute Gasteiger partial charge is 0.235 e. The molecule has 1 atom stereocenters. The molecule has 98 valence electrons. The Bertz CT molecular complexity index is 433. The molecule has 18 heavy (non-hydrogen) atoms. The van der Waals surface area contributed by atoms with Gasteiger partial charge in [-0.2, -0.15) is 0 Å². The van der Waals surface area contributed by atoms with Gasteiger partial charge in [0.15, 0.2) is 0 Å². The van der Waals surface area contributed by atoms with E-state index in [-0.39, 0.29) is 17.9 Å². The largest absolute Gasteiger partial charge is 0.392 e. The van der Waals surface area contributed by atoms with Crippen molar-refractivity contribution in [2.24, 2.45) is 11.1 Å². The molecular formula is C12H17N3O2S. The number of carbonyl (C=O) groups excluding carboxylic acids is 2. The highest BCUT2D eigenvalue weighted by Gasteiger charge is 2.55. The van der Waals surface area contributed by atoms with Crippen LogP contribution in [0, 0.1) is 5.41 Å². The number of hydrogen-bond donors (Lipinski definition) is 1. The number of fused-ring (bicyclic) bond motifs is 1. The number of nitrogens with two attached hydrogens (primary N) is 1. The molecule has 0 spiro atoms. The van der Waals surface area contributed by atoms with E-state index in [9.17, 15) is 9.59 Å². The summed E-state index contributed by atoms with van der Waals surface area (Å²) in [7, 11) is 0. The SMILES string of the molecule is NC(=S)C1(C(=O)N2CCN3C(=O)CCC3C2)CC1. The zero-order valence-corrected chi connectivity index (χ0v) is 11.0. The van der Waals surface area contributed by atoms with Gasteiger partial charge in [0.2, 0.25) is 11.8 Å². The Morgan fingerprint density at radius 1 is 1.39 bits per heavy atom. The van der Waals surface area contributed by atoms with Crippen molar-refractivity contribution in [1.82, 2.24) is 9.80 Å². The molecular weight excluding hydrogens is 250 g/mol. The second-order valence-corrected chi connectivity index (χ2v) is 5.92. The van der Waals surface area contributed by atoms with Crippen molar-refractivity contribution in [2.75, 3.05) is 19.6 Å². The van der Waals surface area contributed by atoms with Gasteiger partial charge < -0.3 is 15.5 Å². The average molecular weight is 267 g/mol. The summed E-state index contributed by atoms with van der Waals surface area (Å²) in [6, 6.07) is 0.206. The molecule has 1 aliphatic carbocycles. The van der Waals surface area contributed by atoms with Crippen LogP contribution >= 0.6 is 12.2 Å². The van der Waals surface area contributed by atoms with E-state index in [0.29, 0.717) is 31.0 Å². The van der Waals surface area contributed by atoms with Crippen LogP contribution in [0.25, 0.3) is 0 Å². The minimum Gasteiger partial charge on any atom is -0.392 e. The number of rotatable bonds is 2. The number of nitrogens with zero attached hydrogens (tertiary/aromatic N) is 2. The van der Waals surface area contributed by atoms with E-state index in [2.05, 4.69) is 0 Å². The van der Waals surface area contributed by atoms with Gasteiger partial charge in [-0.05, 0) is 19.3 Å². The Morgan fingerprint density at radius 2 is 2.11 bits per heavy atom. The van der Waals surface area contributed by atoms with Crippen LogP contribution in [-0.4, -0.2) is 52.3 Å². The monoisotopic (exact) mass is 267 g/mol. The van der Waals surface area contributed by atoms with E-state index in [1.54, 1.807) is 0 Å². The van der Waals surface area contributed by atoms with Crippen LogP contribution in [0.15, 0.2) is 0 Å². The van der Waals surface area contributed by atoms with Gasteiger partial charge in [-0.15, -0.1) is 0 Å². The molecule has 2 amide bonds. The maximum Gasteiger partial charge on any atom is 0.235 e. The number of carbonyl (C=O) groups is 2. The summed E-state index contributed by atoms with van der Waals surface area (Å²) in [4.78, 5) is 28.1. The molecule has 0 radical (unpaired) electrons. The quantitative estimate of drug-likeness (QED) is 0.709. The molecule has 2 heterocycles. The molecule has 1 unspecified atom stereocenters. The minimum absolute atomic E-state index is 0.0778.